The van der Waals surface area contributed by atoms with Crippen LogP contribution in [0.3, 0.4) is 0 Å². The molecule has 0 radical (unpaired) electrons. The first-order valence-corrected chi connectivity index (χ1v) is 10.5. The maximum atomic E-state index is 12.6. The van der Waals surface area contributed by atoms with Crippen molar-refractivity contribution in [2.24, 2.45) is 0 Å². The number of nitrogens with one attached hydrogen (secondary N) is 1. The summed E-state index contributed by atoms with van der Waals surface area (Å²) in [6.07, 6.45) is -1.66. The van der Waals surface area contributed by atoms with E-state index < -0.39 is 18.1 Å². The number of hydrogen-bond donors (Lipinski definition) is 1. The van der Waals surface area contributed by atoms with E-state index in [2.05, 4.69) is 20.0 Å². The Labute approximate surface area is 198 Å². The molecule has 0 aliphatic rings. The lowest BCUT2D eigenvalue weighted by atomic mass is 10.1. The molecule has 4 aromatic rings. The second-order valence-corrected chi connectivity index (χ2v) is 7.48. The minimum Gasteiger partial charge on any atom is -0.465 e. The molecule has 4 rings (SSSR count). The molecule has 2 aromatic carbocycles. The summed E-state index contributed by atoms with van der Waals surface area (Å²) in [5.74, 6) is -0.0810. The van der Waals surface area contributed by atoms with Crippen molar-refractivity contribution in [2.75, 3.05) is 12.4 Å². The van der Waals surface area contributed by atoms with Gasteiger partial charge in [0.25, 0.3) is 0 Å². The summed E-state index contributed by atoms with van der Waals surface area (Å²) >= 11 is 0. The highest BCUT2D eigenvalue weighted by Gasteiger charge is 2.31. The fourth-order valence-electron chi connectivity index (χ4n) is 3.44. The Morgan fingerprint density at radius 2 is 1.66 bits per heavy atom. The molecular weight excluding hydrogens is 463 g/mol. The van der Waals surface area contributed by atoms with Gasteiger partial charge in [0.15, 0.2) is 0 Å². The van der Waals surface area contributed by atoms with Gasteiger partial charge in [-0.1, -0.05) is 18.2 Å². The van der Waals surface area contributed by atoms with Gasteiger partial charge in [-0.15, -0.1) is 13.2 Å². The summed E-state index contributed by atoms with van der Waals surface area (Å²) < 4.78 is 52.3. The zero-order chi connectivity index (χ0) is 25.0. The number of nitrogens with zero attached hydrogens (tertiary/aromatic N) is 2. The van der Waals surface area contributed by atoms with Gasteiger partial charge in [0, 0.05) is 24.5 Å². The number of anilines is 1. The van der Waals surface area contributed by atoms with E-state index in [0.29, 0.717) is 16.8 Å². The van der Waals surface area contributed by atoms with Crippen molar-refractivity contribution in [3.63, 3.8) is 0 Å². The number of carbonyl (C=O) groups is 1. The van der Waals surface area contributed by atoms with Gasteiger partial charge in [-0.25, -0.2) is 14.8 Å². The van der Waals surface area contributed by atoms with E-state index in [4.69, 9.17) is 9.47 Å². The predicted octanol–water partition coefficient (Wildman–Crippen LogP) is 6.28. The Kier molecular flexibility index (Phi) is 6.72. The van der Waals surface area contributed by atoms with Crippen LogP contribution in [0.25, 0.3) is 10.8 Å². The SMILES string of the molecule is COC(=O)c1ccc([C@H](C)Nc2nccc3ccnc(Oc4cccc(OC(F)(F)F)c4)c23)cc1. The lowest BCUT2D eigenvalue weighted by molar-refractivity contribution is -0.274. The van der Waals surface area contributed by atoms with E-state index in [1.165, 1.54) is 31.5 Å². The molecule has 2 aromatic heterocycles. The molecule has 0 saturated heterocycles. The van der Waals surface area contributed by atoms with Crippen molar-refractivity contribution in [1.29, 1.82) is 0 Å². The maximum absolute atomic E-state index is 12.6. The molecule has 0 aliphatic carbocycles. The molecule has 0 aliphatic heterocycles. The minimum atomic E-state index is -4.82. The number of pyridine rings is 2. The second kappa shape index (κ2) is 9.88. The quantitative estimate of drug-likeness (QED) is 0.310. The average Bonchev–Trinajstić information content (AvgIpc) is 2.83. The molecule has 2 heterocycles. The number of ether oxygens (including phenoxy) is 3. The van der Waals surface area contributed by atoms with Crippen LogP contribution in [0.2, 0.25) is 0 Å². The van der Waals surface area contributed by atoms with Crippen LogP contribution in [0.1, 0.15) is 28.9 Å². The smallest absolute Gasteiger partial charge is 0.465 e. The van der Waals surface area contributed by atoms with Gasteiger partial charge in [0.2, 0.25) is 5.88 Å². The van der Waals surface area contributed by atoms with Crippen LogP contribution in [0, 0.1) is 0 Å². The minimum absolute atomic E-state index is 0.119. The Morgan fingerprint density at radius 1 is 0.971 bits per heavy atom. The fraction of sp³-hybridized carbons (Fsp3) is 0.160. The van der Waals surface area contributed by atoms with Crippen molar-refractivity contribution in [2.45, 2.75) is 19.3 Å². The van der Waals surface area contributed by atoms with Gasteiger partial charge in [0.05, 0.1) is 18.1 Å². The highest BCUT2D eigenvalue weighted by Crippen LogP contribution is 2.35. The Balaban J connectivity index is 1.62. The van der Waals surface area contributed by atoms with E-state index in [1.807, 2.05) is 6.92 Å². The first kappa shape index (κ1) is 23.8. The van der Waals surface area contributed by atoms with Crippen LogP contribution in [0.15, 0.2) is 73.1 Å². The van der Waals surface area contributed by atoms with Crippen molar-refractivity contribution >= 4 is 22.6 Å². The molecule has 1 N–H and O–H groups in total. The molecule has 10 heteroatoms. The topological polar surface area (TPSA) is 82.6 Å². The maximum Gasteiger partial charge on any atom is 0.573 e. The molecule has 0 bridgehead atoms. The largest absolute Gasteiger partial charge is 0.573 e. The number of rotatable bonds is 7. The first-order valence-electron chi connectivity index (χ1n) is 10.5. The Bertz CT molecular complexity index is 1340. The predicted molar refractivity (Wildman–Crippen MR) is 123 cm³/mol. The third-order valence-corrected chi connectivity index (χ3v) is 5.08. The van der Waals surface area contributed by atoms with E-state index in [0.717, 1.165) is 17.0 Å². The van der Waals surface area contributed by atoms with Gasteiger partial charge in [0.1, 0.15) is 17.3 Å². The third kappa shape index (κ3) is 5.78. The summed E-state index contributed by atoms with van der Waals surface area (Å²) in [5, 5.41) is 4.63. The summed E-state index contributed by atoms with van der Waals surface area (Å²) in [4.78, 5) is 20.4. The first-order chi connectivity index (χ1) is 16.7. The monoisotopic (exact) mass is 483 g/mol. The van der Waals surface area contributed by atoms with Crippen LogP contribution in [0.4, 0.5) is 19.0 Å². The molecule has 180 valence electrons. The molecule has 0 amide bonds. The third-order valence-electron chi connectivity index (χ3n) is 5.08. The standard InChI is InChI=1S/C25H20F3N3O4/c1-15(16-6-8-18(9-7-16)24(32)33-2)31-22-21-17(10-12-29-22)11-13-30-23(21)34-19-4-3-5-20(14-19)35-25(26,27)28/h3-15H,1-2H3,(H,29,31)/t15-/m0/s1. The number of aromatic nitrogens is 2. The van der Waals surface area contributed by atoms with Crippen LogP contribution < -0.4 is 14.8 Å². The lowest BCUT2D eigenvalue weighted by Crippen LogP contribution is -2.17. The number of esters is 1. The van der Waals surface area contributed by atoms with Gasteiger partial charge >= 0.3 is 12.3 Å². The molecule has 35 heavy (non-hydrogen) atoms. The van der Waals surface area contributed by atoms with Gasteiger partial charge in [-0.05, 0) is 54.3 Å². The van der Waals surface area contributed by atoms with E-state index in [1.54, 1.807) is 42.6 Å². The highest BCUT2D eigenvalue weighted by atomic mass is 19.4. The van der Waals surface area contributed by atoms with Crippen LogP contribution in [0.5, 0.6) is 17.4 Å². The summed E-state index contributed by atoms with van der Waals surface area (Å²) in [6, 6.07) is 15.5. The normalized spacial score (nSPS) is 12.1. The zero-order valence-electron chi connectivity index (χ0n) is 18.7. The molecular formula is C25H20F3N3O4. The Morgan fingerprint density at radius 3 is 2.34 bits per heavy atom. The molecule has 0 fully saturated rings. The summed E-state index contributed by atoms with van der Waals surface area (Å²) in [5.41, 5.74) is 1.32. The van der Waals surface area contributed by atoms with E-state index in [-0.39, 0.29) is 17.7 Å². The van der Waals surface area contributed by atoms with Crippen LogP contribution in [-0.4, -0.2) is 29.4 Å². The summed E-state index contributed by atoms with van der Waals surface area (Å²) in [6.45, 7) is 1.92. The van der Waals surface area contributed by atoms with Crippen molar-refractivity contribution in [1.82, 2.24) is 9.97 Å². The number of hydrogen-bond acceptors (Lipinski definition) is 7. The lowest BCUT2D eigenvalue weighted by Gasteiger charge is -2.18. The summed E-state index contributed by atoms with van der Waals surface area (Å²) in [7, 11) is 1.32. The molecule has 1 atom stereocenters. The Hall–Kier alpha value is -4.34. The van der Waals surface area contributed by atoms with Crippen molar-refractivity contribution < 1.29 is 32.2 Å². The molecule has 0 saturated carbocycles. The van der Waals surface area contributed by atoms with Crippen LogP contribution >= 0.6 is 0 Å². The number of halogens is 3. The van der Waals surface area contributed by atoms with Crippen molar-refractivity contribution in [3.8, 4) is 17.4 Å². The zero-order valence-corrected chi connectivity index (χ0v) is 18.7. The average molecular weight is 483 g/mol. The van der Waals surface area contributed by atoms with Crippen LogP contribution in [-0.2, 0) is 4.74 Å². The highest BCUT2D eigenvalue weighted by molar-refractivity contribution is 5.96. The number of fused-ring (bicyclic) bond motifs is 1. The van der Waals surface area contributed by atoms with E-state index in [9.17, 15) is 18.0 Å². The molecule has 0 spiro atoms. The van der Waals surface area contributed by atoms with Gasteiger partial charge in [-0.2, -0.15) is 0 Å². The number of alkyl halides is 3. The number of methoxy groups -OCH3 is 1. The van der Waals surface area contributed by atoms with Crippen molar-refractivity contribution in [3.05, 3.63) is 84.2 Å². The van der Waals surface area contributed by atoms with Gasteiger partial charge < -0.3 is 19.5 Å². The van der Waals surface area contributed by atoms with Gasteiger partial charge in [-0.3, -0.25) is 0 Å². The molecule has 0 unspecified atom stereocenters. The number of carbonyl (C=O) groups excluding carboxylic acids is 1. The van der Waals surface area contributed by atoms with E-state index >= 15 is 0 Å². The second-order valence-electron chi connectivity index (χ2n) is 7.48. The molecule has 7 nitrogen and oxygen atoms in total. The number of benzene rings is 2. The fourth-order valence-corrected chi connectivity index (χ4v) is 3.44.